The molecule has 0 unspecified atom stereocenters. The molecule has 22 heavy (non-hydrogen) atoms. The third-order valence-corrected chi connectivity index (χ3v) is 5.26. The SMILES string of the molecule is OC1=CN(C23CCC(c4ccccc42)c2ccccc23)NO1. The van der Waals surface area contributed by atoms with Crippen molar-refractivity contribution in [1.29, 1.82) is 0 Å². The molecule has 1 heterocycles. The van der Waals surface area contributed by atoms with Crippen LogP contribution in [-0.2, 0) is 10.4 Å². The average molecular weight is 292 g/mol. The summed E-state index contributed by atoms with van der Waals surface area (Å²) in [5.74, 6) is 0.368. The smallest absolute Gasteiger partial charge is 0.317 e. The largest absolute Gasteiger partial charge is 0.479 e. The van der Waals surface area contributed by atoms with Gasteiger partial charge in [0.1, 0.15) is 11.7 Å². The number of rotatable bonds is 1. The molecule has 3 aliphatic carbocycles. The molecule has 4 aliphatic rings. The molecule has 0 amide bonds. The number of hydrogen-bond acceptors (Lipinski definition) is 4. The maximum atomic E-state index is 9.68. The van der Waals surface area contributed by atoms with Crippen LogP contribution < -0.4 is 5.59 Å². The first kappa shape index (κ1) is 12.1. The van der Waals surface area contributed by atoms with Crippen molar-refractivity contribution in [1.82, 2.24) is 10.6 Å². The Hall–Kier alpha value is -2.46. The topological polar surface area (TPSA) is 44.7 Å². The fourth-order valence-corrected chi connectivity index (χ4v) is 4.43. The van der Waals surface area contributed by atoms with Crippen molar-refractivity contribution in [2.75, 3.05) is 0 Å². The van der Waals surface area contributed by atoms with E-state index in [0.29, 0.717) is 5.92 Å². The van der Waals surface area contributed by atoms with Gasteiger partial charge in [-0.15, -0.1) is 0 Å². The Morgan fingerprint density at radius 1 is 1.05 bits per heavy atom. The monoisotopic (exact) mass is 292 g/mol. The Balaban J connectivity index is 1.84. The molecule has 2 bridgehead atoms. The summed E-state index contributed by atoms with van der Waals surface area (Å²) in [4.78, 5) is 5.09. The molecule has 4 nitrogen and oxygen atoms in total. The highest BCUT2D eigenvalue weighted by molar-refractivity contribution is 5.58. The summed E-state index contributed by atoms with van der Waals surface area (Å²) in [5.41, 5.74) is 7.90. The van der Waals surface area contributed by atoms with E-state index in [2.05, 4.69) is 54.1 Å². The van der Waals surface area contributed by atoms with Gasteiger partial charge in [0.25, 0.3) is 0 Å². The van der Waals surface area contributed by atoms with Crippen molar-refractivity contribution in [3.63, 3.8) is 0 Å². The lowest BCUT2D eigenvalue weighted by Crippen LogP contribution is -2.54. The lowest BCUT2D eigenvalue weighted by Gasteiger charge is -2.52. The Kier molecular flexibility index (Phi) is 2.23. The molecule has 0 atom stereocenters. The van der Waals surface area contributed by atoms with Crippen LogP contribution in [0.2, 0.25) is 0 Å². The predicted molar refractivity (Wildman–Crippen MR) is 81.5 cm³/mol. The van der Waals surface area contributed by atoms with Gasteiger partial charge in [0.05, 0.1) is 0 Å². The summed E-state index contributed by atoms with van der Waals surface area (Å²) >= 11 is 0. The molecule has 2 aromatic carbocycles. The van der Waals surface area contributed by atoms with Crippen molar-refractivity contribution >= 4 is 0 Å². The first-order valence-electron chi connectivity index (χ1n) is 7.62. The van der Waals surface area contributed by atoms with Crippen molar-refractivity contribution in [2.24, 2.45) is 0 Å². The van der Waals surface area contributed by atoms with Crippen LogP contribution in [-0.4, -0.2) is 10.1 Å². The van der Waals surface area contributed by atoms with Gasteiger partial charge in [-0.05, 0) is 35.1 Å². The predicted octanol–water partition coefficient (Wildman–Crippen LogP) is 3.28. The summed E-state index contributed by atoms with van der Waals surface area (Å²) in [5, 5.41) is 11.6. The van der Waals surface area contributed by atoms with Gasteiger partial charge in [-0.2, -0.15) is 0 Å². The number of aliphatic hydroxyl groups excluding tert-OH is 1. The summed E-state index contributed by atoms with van der Waals surface area (Å²) in [7, 11) is 0. The Morgan fingerprint density at radius 2 is 1.68 bits per heavy atom. The molecule has 0 aromatic heterocycles. The van der Waals surface area contributed by atoms with Crippen LogP contribution in [0.3, 0.4) is 0 Å². The van der Waals surface area contributed by atoms with E-state index < -0.39 is 0 Å². The van der Waals surface area contributed by atoms with Gasteiger partial charge < -0.3 is 9.94 Å². The van der Waals surface area contributed by atoms with Gasteiger partial charge in [0.15, 0.2) is 0 Å². The number of aliphatic hydroxyl groups is 1. The highest BCUT2D eigenvalue weighted by Crippen LogP contribution is 2.57. The van der Waals surface area contributed by atoms with Crippen LogP contribution in [0.5, 0.6) is 0 Å². The van der Waals surface area contributed by atoms with Crippen molar-refractivity contribution in [3.05, 3.63) is 82.9 Å². The molecular weight excluding hydrogens is 276 g/mol. The van der Waals surface area contributed by atoms with Crippen LogP contribution >= 0.6 is 0 Å². The molecule has 0 spiro atoms. The van der Waals surface area contributed by atoms with Crippen LogP contribution in [0.4, 0.5) is 0 Å². The standard InChI is InChI=1S/C18H16N2O2/c21-17-11-20(19-22-17)18-10-9-12(13-5-1-3-7-15(13)18)14-6-2-4-8-16(14)18/h1-8,11-12,19,21H,9-10H2. The number of nitrogens with one attached hydrogen (secondary N) is 1. The van der Waals surface area contributed by atoms with E-state index in [9.17, 15) is 5.11 Å². The van der Waals surface area contributed by atoms with E-state index in [-0.39, 0.29) is 11.5 Å². The van der Waals surface area contributed by atoms with Gasteiger partial charge in [0.2, 0.25) is 0 Å². The quantitative estimate of drug-likeness (QED) is 0.846. The third kappa shape index (κ3) is 1.31. The summed E-state index contributed by atoms with van der Waals surface area (Å²) in [6.07, 6.45) is 3.73. The zero-order valence-electron chi connectivity index (χ0n) is 12.0. The first-order chi connectivity index (χ1) is 10.8. The van der Waals surface area contributed by atoms with E-state index in [1.807, 2.05) is 5.01 Å². The van der Waals surface area contributed by atoms with Gasteiger partial charge in [-0.1, -0.05) is 54.1 Å². The minimum Gasteiger partial charge on any atom is -0.479 e. The van der Waals surface area contributed by atoms with Crippen LogP contribution in [0.25, 0.3) is 0 Å². The Bertz CT molecular complexity index is 752. The van der Waals surface area contributed by atoms with Crippen LogP contribution in [0, 0.1) is 0 Å². The lowest BCUT2D eigenvalue weighted by molar-refractivity contribution is -0.0634. The summed E-state index contributed by atoms with van der Waals surface area (Å²) in [6.45, 7) is 0. The maximum Gasteiger partial charge on any atom is 0.317 e. The fourth-order valence-electron chi connectivity index (χ4n) is 4.43. The minimum atomic E-state index is -0.327. The highest BCUT2D eigenvalue weighted by atomic mass is 16.8. The highest BCUT2D eigenvalue weighted by Gasteiger charge is 2.52. The van der Waals surface area contributed by atoms with Crippen LogP contribution in [0.15, 0.2) is 60.7 Å². The number of benzene rings is 2. The normalized spacial score (nSPS) is 27.9. The van der Waals surface area contributed by atoms with Gasteiger partial charge in [-0.25, -0.2) is 0 Å². The number of nitrogens with zero attached hydrogens (tertiary/aromatic N) is 1. The molecular formula is C18H16N2O2. The maximum absolute atomic E-state index is 9.68. The second kappa shape index (κ2) is 4.05. The first-order valence-corrected chi connectivity index (χ1v) is 7.62. The van der Waals surface area contributed by atoms with Crippen LogP contribution in [0.1, 0.15) is 41.0 Å². The molecule has 6 rings (SSSR count). The molecule has 2 aromatic rings. The molecule has 1 aliphatic heterocycles. The minimum absolute atomic E-state index is 0.1000. The van der Waals surface area contributed by atoms with Gasteiger partial charge in [0, 0.05) is 5.92 Å². The van der Waals surface area contributed by atoms with Crippen molar-refractivity contribution in [3.8, 4) is 0 Å². The van der Waals surface area contributed by atoms with Gasteiger partial charge in [-0.3, -0.25) is 5.01 Å². The molecule has 110 valence electrons. The van der Waals surface area contributed by atoms with E-state index in [0.717, 1.165) is 12.8 Å². The zero-order valence-corrected chi connectivity index (χ0v) is 12.0. The Morgan fingerprint density at radius 3 is 2.27 bits per heavy atom. The number of fused-ring (bicyclic) bond motifs is 1. The third-order valence-electron chi connectivity index (χ3n) is 5.26. The second-order valence-corrected chi connectivity index (χ2v) is 6.16. The zero-order chi connectivity index (χ0) is 14.7. The Labute approximate surface area is 128 Å². The van der Waals surface area contributed by atoms with E-state index in [1.165, 1.54) is 22.3 Å². The molecule has 0 radical (unpaired) electrons. The number of hydrogen-bond donors (Lipinski definition) is 2. The molecule has 0 fully saturated rings. The molecule has 0 saturated carbocycles. The average Bonchev–Trinajstić information content (AvgIpc) is 3.02. The molecule has 2 N–H and O–H groups in total. The lowest BCUT2D eigenvalue weighted by atomic mass is 9.59. The van der Waals surface area contributed by atoms with Crippen molar-refractivity contribution < 1.29 is 9.94 Å². The van der Waals surface area contributed by atoms with E-state index in [1.54, 1.807) is 6.20 Å². The van der Waals surface area contributed by atoms with Gasteiger partial charge >= 0.3 is 5.95 Å². The summed E-state index contributed by atoms with van der Waals surface area (Å²) in [6, 6.07) is 17.2. The van der Waals surface area contributed by atoms with Crippen molar-refractivity contribution in [2.45, 2.75) is 24.3 Å². The van der Waals surface area contributed by atoms with E-state index in [4.69, 9.17) is 4.84 Å². The van der Waals surface area contributed by atoms with E-state index >= 15 is 0 Å². The fraction of sp³-hybridized carbons (Fsp3) is 0.222. The number of hydrazine groups is 1. The summed E-state index contributed by atoms with van der Waals surface area (Å²) < 4.78 is 0. The second-order valence-electron chi connectivity index (χ2n) is 6.16. The molecule has 4 heteroatoms. The molecule has 0 saturated heterocycles.